The lowest BCUT2D eigenvalue weighted by Gasteiger charge is -2.09. The van der Waals surface area contributed by atoms with Gasteiger partial charge in [0.1, 0.15) is 5.76 Å². The van der Waals surface area contributed by atoms with Gasteiger partial charge in [0.05, 0.1) is 7.11 Å². The first-order valence-electron chi connectivity index (χ1n) is 3.76. The summed E-state index contributed by atoms with van der Waals surface area (Å²) in [5.41, 5.74) is 2.21. The average Bonchev–Trinajstić information content (AvgIpc) is 2.16. The van der Waals surface area contributed by atoms with Crippen LogP contribution in [0.3, 0.4) is 0 Å². The molecule has 0 N–H and O–H groups in total. The molecule has 0 aliphatic carbocycles. The highest BCUT2D eigenvalue weighted by atomic mass is 79.9. The summed E-state index contributed by atoms with van der Waals surface area (Å²) >= 11 is 6.83. The van der Waals surface area contributed by atoms with Gasteiger partial charge in [-0.15, -0.1) is 0 Å². The lowest BCUT2D eigenvalue weighted by molar-refractivity contribution is 0.371. The molecule has 0 radical (unpaired) electrons. The van der Waals surface area contributed by atoms with E-state index in [0.29, 0.717) is 5.76 Å². The van der Waals surface area contributed by atoms with Crippen molar-refractivity contribution >= 4 is 37.6 Å². The standard InChI is InChI=1S/C10H10Br2O/c1-7(13-2)10-5-9(12)4-3-8(10)6-11/h3-5H,1,6H2,2H3. The molecular weight excluding hydrogens is 296 g/mol. The normalized spacial score (nSPS) is 9.77. The predicted molar refractivity (Wildman–Crippen MR) is 62.8 cm³/mol. The van der Waals surface area contributed by atoms with Crippen LogP contribution in [-0.4, -0.2) is 7.11 Å². The van der Waals surface area contributed by atoms with Crippen LogP contribution in [0.1, 0.15) is 11.1 Å². The average molecular weight is 306 g/mol. The number of hydrogen-bond donors (Lipinski definition) is 0. The molecule has 0 aliphatic rings. The van der Waals surface area contributed by atoms with E-state index >= 15 is 0 Å². The second-order valence-electron chi connectivity index (χ2n) is 2.56. The zero-order chi connectivity index (χ0) is 9.84. The van der Waals surface area contributed by atoms with Gasteiger partial charge in [0.15, 0.2) is 0 Å². The highest BCUT2D eigenvalue weighted by Crippen LogP contribution is 2.24. The Hall–Kier alpha value is -0.280. The van der Waals surface area contributed by atoms with Crippen LogP contribution >= 0.6 is 31.9 Å². The van der Waals surface area contributed by atoms with Crippen LogP contribution in [0, 0.1) is 0 Å². The van der Waals surface area contributed by atoms with Crippen LogP contribution in [-0.2, 0) is 10.1 Å². The SMILES string of the molecule is C=C(OC)c1cc(Br)ccc1CBr. The Labute approximate surface area is 95.1 Å². The molecule has 1 aromatic carbocycles. The molecule has 0 unspecified atom stereocenters. The van der Waals surface area contributed by atoms with Crippen molar-refractivity contribution in [2.45, 2.75) is 5.33 Å². The summed E-state index contributed by atoms with van der Waals surface area (Å²) < 4.78 is 6.13. The maximum atomic E-state index is 5.10. The topological polar surface area (TPSA) is 9.23 Å². The molecule has 0 saturated carbocycles. The molecule has 0 aromatic heterocycles. The van der Waals surface area contributed by atoms with Crippen molar-refractivity contribution in [2.24, 2.45) is 0 Å². The number of hydrogen-bond acceptors (Lipinski definition) is 1. The molecule has 0 bridgehead atoms. The van der Waals surface area contributed by atoms with Gasteiger partial charge < -0.3 is 4.74 Å². The van der Waals surface area contributed by atoms with E-state index in [1.807, 2.05) is 18.2 Å². The van der Waals surface area contributed by atoms with Gasteiger partial charge in [-0.1, -0.05) is 44.5 Å². The van der Waals surface area contributed by atoms with E-state index in [4.69, 9.17) is 4.74 Å². The third kappa shape index (κ3) is 2.58. The largest absolute Gasteiger partial charge is 0.497 e. The highest BCUT2D eigenvalue weighted by molar-refractivity contribution is 9.10. The molecule has 13 heavy (non-hydrogen) atoms. The molecule has 0 atom stereocenters. The summed E-state index contributed by atoms with van der Waals surface area (Å²) in [6, 6.07) is 6.05. The zero-order valence-electron chi connectivity index (χ0n) is 7.31. The number of alkyl halides is 1. The lowest BCUT2D eigenvalue weighted by atomic mass is 10.1. The van der Waals surface area contributed by atoms with E-state index < -0.39 is 0 Å². The van der Waals surface area contributed by atoms with E-state index in [1.54, 1.807) is 7.11 Å². The van der Waals surface area contributed by atoms with Gasteiger partial charge >= 0.3 is 0 Å². The minimum atomic E-state index is 0.691. The Balaban J connectivity index is 3.15. The predicted octanol–water partition coefficient (Wildman–Crippen LogP) is 3.96. The van der Waals surface area contributed by atoms with Gasteiger partial charge in [-0.2, -0.15) is 0 Å². The first-order chi connectivity index (χ1) is 6.19. The van der Waals surface area contributed by atoms with Crippen molar-refractivity contribution in [2.75, 3.05) is 7.11 Å². The van der Waals surface area contributed by atoms with Crippen molar-refractivity contribution in [1.29, 1.82) is 0 Å². The van der Waals surface area contributed by atoms with Crippen LogP contribution in [0.4, 0.5) is 0 Å². The smallest absolute Gasteiger partial charge is 0.119 e. The summed E-state index contributed by atoms with van der Waals surface area (Å²) in [7, 11) is 1.63. The molecule has 0 aliphatic heterocycles. The molecule has 0 fully saturated rings. The van der Waals surface area contributed by atoms with Crippen molar-refractivity contribution in [1.82, 2.24) is 0 Å². The minimum absolute atomic E-state index is 0.691. The molecule has 0 amide bonds. The van der Waals surface area contributed by atoms with Crippen LogP contribution in [0.5, 0.6) is 0 Å². The molecule has 1 aromatic rings. The Kier molecular flexibility index (Phi) is 4.00. The third-order valence-corrected chi connectivity index (χ3v) is 2.86. The van der Waals surface area contributed by atoms with E-state index in [1.165, 1.54) is 5.56 Å². The Morgan fingerprint density at radius 2 is 2.23 bits per heavy atom. The van der Waals surface area contributed by atoms with Gasteiger partial charge in [-0.25, -0.2) is 0 Å². The Bertz CT molecular complexity index is 321. The van der Waals surface area contributed by atoms with Gasteiger partial charge in [0, 0.05) is 15.4 Å². The molecular formula is C10H10Br2O. The summed E-state index contributed by atoms with van der Waals surface area (Å²) in [6.45, 7) is 3.83. The van der Waals surface area contributed by atoms with Gasteiger partial charge in [0.25, 0.3) is 0 Å². The number of benzene rings is 1. The lowest BCUT2D eigenvalue weighted by Crippen LogP contribution is -1.91. The van der Waals surface area contributed by atoms with Crippen LogP contribution in [0.15, 0.2) is 29.3 Å². The number of halogens is 2. The molecule has 0 heterocycles. The maximum Gasteiger partial charge on any atom is 0.119 e. The second-order valence-corrected chi connectivity index (χ2v) is 4.04. The van der Waals surface area contributed by atoms with Crippen LogP contribution in [0.2, 0.25) is 0 Å². The zero-order valence-corrected chi connectivity index (χ0v) is 10.5. The van der Waals surface area contributed by atoms with Crippen molar-refractivity contribution < 1.29 is 4.74 Å². The first-order valence-corrected chi connectivity index (χ1v) is 5.68. The van der Waals surface area contributed by atoms with E-state index in [9.17, 15) is 0 Å². The monoisotopic (exact) mass is 304 g/mol. The van der Waals surface area contributed by atoms with E-state index in [-0.39, 0.29) is 0 Å². The van der Waals surface area contributed by atoms with Crippen molar-refractivity contribution in [3.8, 4) is 0 Å². The highest BCUT2D eigenvalue weighted by Gasteiger charge is 2.05. The second kappa shape index (κ2) is 4.82. The number of ether oxygens (including phenoxy) is 1. The van der Waals surface area contributed by atoms with Crippen molar-refractivity contribution in [3.05, 3.63) is 40.4 Å². The molecule has 70 valence electrons. The third-order valence-electron chi connectivity index (χ3n) is 1.76. The number of rotatable bonds is 3. The van der Waals surface area contributed by atoms with Crippen molar-refractivity contribution in [3.63, 3.8) is 0 Å². The van der Waals surface area contributed by atoms with E-state index in [0.717, 1.165) is 15.4 Å². The summed E-state index contributed by atoms with van der Waals surface area (Å²) in [5.74, 6) is 0.691. The fourth-order valence-corrected chi connectivity index (χ4v) is 1.88. The number of methoxy groups -OCH3 is 1. The Morgan fingerprint density at radius 3 is 2.77 bits per heavy atom. The van der Waals surface area contributed by atoms with Gasteiger partial charge in [-0.05, 0) is 17.7 Å². The molecule has 0 spiro atoms. The van der Waals surface area contributed by atoms with E-state index in [2.05, 4.69) is 38.4 Å². The maximum absolute atomic E-state index is 5.10. The molecule has 3 heteroatoms. The summed E-state index contributed by atoms with van der Waals surface area (Å²) in [4.78, 5) is 0. The van der Waals surface area contributed by atoms with Gasteiger partial charge in [-0.3, -0.25) is 0 Å². The minimum Gasteiger partial charge on any atom is -0.497 e. The fraction of sp³-hybridized carbons (Fsp3) is 0.200. The molecule has 1 nitrogen and oxygen atoms in total. The quantitative estimate of drug-likeness (QED) is 0.607. The Morgan fingerprint density at radius 1 is 1.54 bits per heavy atom. The first kappa shape index (κ1) is 10.8. The van der Waals surface area contributed by atoms with Gasteiger partial charge in [0.2, 0.25) is 0 Å². The molecule has 1 rings (SSSR count). The fourth-order valence-electron chi connectivity index (χ4n) is 1.03. The van der Waals surface area contributed by atoms with Crippen LogP contribution < -0.4 is 0 Å². The molecule has 0 saturated heterocycles. The van der Waals surface area contributed by atoms with Crippen LogP contribution in [0.25, 0.3) is 5.76 Å². The summed E-state index contributed by atoms with van der Waals surface area (Å²) in [6.07, 6.45) is 0. The summed E-state index contributed by atoms with van der Waals surface area (Å²) in [5, 5.41) is 0.804.